The summed E-state index contributed by atoms with van der Waals surface area (Å²) in [5.41, 5.74) is 1.33. The fourth-order valence-electron chi connectivity index (χ4n) is 2.53. The van der Waals surface area contributed by atoms with Crippen molar-refractivity contribution in [3.05, 3.63) is 65.2 Å². The number of rotatable bonds is 6. The normalized spacial score (nSPS) is 13.1. The van der Waals surface area contributed by atoms with Gasteiger partial charge in [-0.15, -0.1) is 0 Å². The van der Waals surface area contributed by atoms with Crippen molar-refractivity contribution in [2.45, 2.75) is 25.3 Å². The predicted molar refractivity (Wildman–Crippen MR) is 92.7 cm³/mol. The van der Waals surface area contributed by atoms with Crippen LogP contribution in [0.15, 0.2) is 48.5 Å². The summed E-state index contributed by atoms with van der Waals surface area (Å²) in [5.74, 6) is -1.67. The third kappa shape index (κ3) is 4.23. The SMILES string of the molecule is O=C(Cc1ccccc1C(=O)O)Nc1ccccc1C(=O)NC1CC1. The molecule has 0 atom stereocenters. The van der Waals surface area contributed by atoms with Gasteiger partial charge in [-0.3, -0.25) is 9.59 Å². The first-order chi connectivity index (χ1) is 12.0. The van der Waals surface area contributed by atoms with Gasteiger partial charge in [-0.2, -0.15) is 0 Å². The molecule has 0 spiro atoms. The van der Waals surface area contributed by atoms with Gasteiger partial charge in [0.2, 0.25) is 5.91 Å². The van der Waals surface area contributed by atoms with E-state index in [4.69, 9.17) is 0 Å². The Balaban J connectivity index is 1.73. The average molecular weight is 338 g/mol. The lowest BCUT2D eigenvalue weighted by Gasteiger charge is -2.12. The van der Waals surface area contributed by atoms with E-state index < -0.39 is 5.97 Å². The summed E-state index contributed by atoms with van der Waals surface area (Å²) in [6, 6.07) is 13.4. The van der Waals surface area contributed by atoms with Crippen LogP contribution in [-0.2, 0) is 11.2 Å². The highest BCUT2D eigenvalue weighted by atomic mass is 16.4. The van der Waals surface area contributed by atoms with Crippen LogP contribution in [0, 0.1) is 0 Å². The van der Waals surface area contributed by atoms with E-state index in [1.165, 1.54) is 6.07 Å². The molecule has 2 aromatic carbocycles. The largest absolute Gasteiger partial charge is 0.478 e. The molecule has 0 bridgehead atoms. The zero-order valence-corrected chi connectivity index (χ0v) is 13.5. The van der Waals surface area contributed by atoms with Gasteiger partial charge in [0, 0.05) is 6.04 Å². The minimum atomic E-state index is -1.08. The molecule has 1 aliphatic rings. The minimum absolute atomic E-state index is 0.0823. The molecule has 128 valence electrons. The molecule has 1 saturated carbocycles. The van der Waals surface area contributed by atoms with Crippen LogP contribution in [0.1, 0.15) is 39.1 Å². The Labute approximate surface area is 144 Å². The molecule has 0 aromatic heterocycles. The second-order valence-electron chi connectivity index (χ2n) is 5.98. The summed E-state index contributed by atoms with van der Waals surface area (Å²) in [4.78, 5) is 35.8. The molecular formula is C19H18N2O4. The standard InChI is InChI=1S/C19H18N2O4/c22-17(11-12-5-1-2-6-14(12)19(24)25)21-16-8-4-3-7-15(16)18(23)20-13-9-10-13/h1-8,13H,9-11H2,(H,20,23)(H,21,22)(H,24,25). The fraction of sp³-hybridized carbons (Fsp3) is 0.211. The van der Waals surface area contributed by atoms with Gasteiger partial charge in [0.1, 0.15) is 0 Å². The second kappa shape index (κ2) is 7.17. The number of carboxylic acids is 1. The topological polar surface area (TPSA) is 95.5 Å². The summed E-state index contributed by atoms with van der Waals surface area (Å²) >= 11 is 0. The van der Waals surface area contributed by atoms with Gasteiger partial charge < -0.3 is 15.7 Å². The van der Waals surface area contributed by atoms with Crippen LogP contribution in [-0.4, -0.2) is 28.9 Å². The lowest BCUT2D eigenvalue weighted by atomic mass is 10.0. The molecule has 2 amide bonds. The first kappa shape index (κ1) is 16.7. The van der Waals surface area contributed by atoms with Crippen molar-refractivity contribution < 1.29 is 19.5 Å². The third-order valence-electron chi connectivity index (χ3n) is 3.96. The van der Waals surface area contributed by atoms with Gasteiger partial charge in [-0.1, -0.05) is 30.3 Å². The van der Waals surface area contributed by atoms with E-state index in [0.717, 1.165) is 12.8 Å². The molecule has 3 rings (SSSR count). The molecule has 25 heavy (non-hydrogen) atoms. The minimum Gasteiger partial charge on any atom is -0.478 e. The number of anilines is 1. The van der Waals surface area contributed by atoms with E-state index in [1.807, 2.05) is 0 Å². The van der Waals surface area contributed by atoms with Crippen LogP contribution in [0.4, 0.5) is 5.69 Å². The number of para-hydroxylation sites is 1. The number of carbonyl (C=O) groups is 3. The molecule has 1 aliphatic carbocycles. The Morgan fingerprint density at radius 2 is 1.60 bits per heavy atom. The van der Waals surface area contributed by atoms with Crippen molar-refractivity contribution in [2.24, 2.45) is 0 Å². The lowest BCUT2D eigenvalue weighted by molar-refractivity contribution is -0.115. The van der Waals surface area contributed by atoms with E-state index in [9.17, 15) is 19.5 Å². The molecule has 0 radical (unpaired) electrons. The number of hydrogen-bond donors (Lipinski definition) is 3. The van der Waals surface area contributed by atoms with Crippen LogP contribution < -0.4 is 10.6 Å². The molecule has 3 N–H and O–H groups in total. The Hall–Kier alpha value is -3.15. The average Bonchev–Trinajstić information content (AvgIpc) is 3.39. The van der Waals surface area contributed by atoms with Crippen molar-refractivity contribution in [1.29, 1.82) is 0 Å². The summed E-state index contributed by atoms with van der Waals surface area (Å²) in [6.07, 6.45) is 1.87. The van der Waals surface area contributed by atoms with E-state index in [0.29, 0.717) is 16.8 Å². The van der Waals surface area contributed by atoms with Gasteiger partial charge >= 0.3 is 5.97 Å². The van der Waals surface area contributed by atoms with Crippen LogP contribution in [0.5, 0.6) is 0 Å². The van der Waals surface area contributed by atoms with Crippen molar-refractivity contribution >= 4 is 23.5 Å². The quantitative estimate of drug-likeness (QED) is 0.754. The van der Waals surface area contributed by atoms with E-state index in [2.05, 4.69) is 10.6 Å². The zero-order valence-electron chi connectivity index (χ0n) is 13.5. The highest BCUT2D eigenvalue weighted by Gasteiger charge is 2.25. The molecule has 6 nitrogen and oxygen atoms in total. The molecule has 0 unspecified atom stereocenters. The fourth-order valence-corrected chi connectivity index (χ4v) is 2.53. The molecule has 1 fully saturated rings. The number of benzene rings is 2. The molecule has 0 aliphatic heterocycles. The summed E-state index contributed by atoms with van der Waals surface area (Å²) < 4.78 is 0. The Bertz CT molecular complexity index is 828. The summed E-state index contributed by atoms with van der Waals surface area (Å²) in [5, 5.41) is 14.8. The number of carboxylic acid groups (broad SMARTS) is 1. The predicted octanol–water partition coefficient (Wildman–Crippen LogP) is 2.46. The van der Waals surface area contributed by atoms with Gasteiger partial charge in [0.05, 0.1) is 23.2 Å². The van der Waals surface area contributed by atoms with E-state index in [1.54, 1.807) is 42.5 Å². The molecule has 6 heteroatoms. The van der Waals surface area contributed by atoms with Gasteiger partial charge in [0.15, 0.2) is 0 Å². The van der Waals surface area contributed by atoms with Crippen molar-refractivity contribution in [3.63, 3.8) is 0 Å². The van der Waals surface area contributed by atoms with Crippen molar-refractivity contribution in [2.75, 3.05) is 5.32 Å². The van der Waals surface area contributed by atoms with Gasteiger partial charge in [-0.05, 0) is 36.6 Å². The number of hydrogen-bond acceptors (Lipinski definition) is 3. The monoisotopic (exact) mass is 338 g/mol. The first-order valence-corrected chi connectivity index (χ1v) is 8.05. The zero-order chi connectivity index (χ0) is 17.8. The molecule has 0 saturated heterocycles. The maximum absolute atomic E-state index is 12.3. The maximum Gasteiger partial charge on any atom is 0.335 e. The number of nitrogens with one attached hydrogen (secondary N) is 2. The van der Waals surface area contributed by atoms with Crippen LogP contribution >= 0.6 is 0 Å². The molecule has 0 heterocycles. The Morgan fingerprint density at radius 3 is 2.28 bits per heavy atom. The van der Waals surface area contributed by atoms with Crippen LogP contribution in [0.25, 0.3) is 0 Å². The first-order valence-electron chi connectivity index (χ1n) is 8.05. The number of aromatic carboxylic acids is 1. The second-order valence-corrected chi connectivity index (χ2v) is 5.98. The number of amides is 2. The third-order valence-corrected chi connectivity index (χ3v) is 3.96. The van der Waals surface area contributed by atoms with Crippen molar-refractivity contribution in [3.8, 4) is 0 Å². The van der Waals surface area contributed by atoms with E-state index >= 15 is 0 Å². The van der Waals surface area contributed by atoms with Crippen LogP contribution in [0.2, 0.25) is 0 Å². The van der Waals surface area contributed by atoms with Gasteiger partial charge in [-0.25, -0.2) is 4.79 Å². The highest BCUT2D eigenvalue weighted by molar-refractivity contribution is 6.04. The summed E-state index contributed by atoms with van der Waals surface area (Å²) in [6.45, 7) is 0. The van der Waals surface area contributed by atoms with Gasteiger partial charge in [0.25, 0.3) is 5.91 Å². The molecular weight excluding hydrogens is 320 g/mol. The van der Waals surface area contributed by atoms with E-state index in [-0.39, 0.29) is 29.8 Å². The maximum atomic E-state index is 12.3. The Morgan fingerprint density at radius 1 is 0.960 bits per heavy atom. The lowest BCUT2D eigenvalue weighted by Crippen LogP contribution is -2.27. The number of carbonyl (C=O) groups excluding carboxylic acids is 2. The molecule has 2 aromatic rings. The summed E-state index contributed by atoms with van der Waals surface area (Å²) in [7, 11) is 0. The Kier molecular flexibility index (Phi) is 4.79. The smallest absolute Gasteiger partial charge is 0.335 e. The van der Waals surface area contributed by atoms with Crippen molar-refractivity contribution in [1.82, 2.24) is 5.32 Å². The highest BCUT2D eigenvalue weighted by Crippen LogP contribution is 2.22. The van der Waals surface area contributed by atoms with Crippen LogP contribution in [0.3, 0.4) is 0 Å².